The van der Waals surface area contributed by atoms with E-state index in [2.05, 4.69) is 64.8 Å². The van der Waals surface area contributed by atoms with Crippen LogP contribution >= 0.6 is 0 Å². The maximum atomic E-state index is 4.30. The van der Waals surface area contributed by atoms with Crippen molar-refractivity contribution in [3.63, 3.8) is 0 Å². The van der Waals surface area contributed by atoms with Crippen LogP contribution < -0.4 is 0 Å². The number of azo groups is 1. The van der Waals surface area contributed by atoms with E-state index in [1.165, 1.54) is 11.1 Å². The molecule has 0 aliphatic heterocycles. The van der Waals surface area contributed by atoms with Gasteiger partial charge in [-0.2, -0.15) is 10.2 Å². The summed E-state index contributed by atoms with van der Waals surface area (Å²) in [7, 11) is 0. The van der Waals surface area contributed by atoms with Gasteiger partial charge in [-0.15, -0.1) is 0 Å². The van der Waals surface area contributed by atoms with Gasteiger partial charge >= 0.3 is 0 Å². The highest BCUT2D eigenvalue weighted by molar-refractivity contribution is 5.65. The summed E-state index contributed by atoms with van der Waals surface area (Å²) in [5.41, 5.74) is 6.50. The molecule has 0 unspecified atom stereocenters. The van der Waals surface area contributed by atoms with E-state index >= 15 is 0 Å². The second-order valence-corrected chi connectivity index (χ2v) is 6.36. The van der Waals surface area contributed by atoms with Gasteiger partial charge in [0, 0.05) is 0 Å². The van der Waals surface area contributed by atoms with Crippen LogP contribution in [0.15, 0.2) is 113 Å². The summed E-state index contributed by atoms with van der Waals surface area (Å²) in [6.07, 6.45) is 0.923. The maximum absolute atomic E-state index is 4.30. The zero-order valence-corrected chi connectivity index (χ0v) is 14.9. The van der Waals surface area contributed by atoms with Crippen molar-refractivity contribution >= 4 is 11.4 Å². The molecule has 129 valence electrons. The summed E-state index contributed by atoms with van der Waals surface area (Å²) >= 11 is 0. The Bertz CT molecular complexity index is 1020. The van der Waals surface area contributed by atoms with Gasteiger partial charge in [0.05, 0.1) is 11.4 Å². The number of rotatable bonds is 5. The molecular formula is C25H19N2. The van der Waals surface area contributed by atoms with Gasteiger partial charge in [0.25, 0.3) is 0 Å². The predicted octanol–water partition coefficient (Wildman–Crippen LogP) is 7.16. The van der Waals surface area contributed by atoms with Crippen LogP contribution in [0.3, 0.4) is 0 Å². The largest absolute Gasteiger partial charge is 0.151 e. The van der Waals surface area contributed by atoms with Crippen molar-refractivity contribution < 1.29 is 0 Å². The first-order chi connectivity index (χ1) is 13.4. The van der Waals surface area contributed by atoms with Crippen LogP contribution in [0.5, 0.6) is 0 Å². The van der Waals surface area contributed by atoms with Crippen molar-refractivity contribution in [2.75, 3.05) is 0 Å². The second kappa shape index (κ2) is 8.24. The third-order valence-electron chi connectivity index (χ3n) is 4.33. The van der Waals surface area contributed by atoms with Gasteiger partial charge in [0.15, 0.2) is 0 Å². The summed E-state index contributed by atoms with van der Waals surface area (Å²) in [5.74, 6) is 0. The molecule has 2 heteroatoms. The van der Waals surface area contributed by atoms with Crippen molar-refractivity contribution in [1.29, 1.82) is 0 Å². The molecule has 0 aromatic heterocycles. The molecule has 1 radical (unpaired) electrons. The molecule has 0 amide bonds. The molecule has 0 spiro atoms. The van der Waals surface area contributed by atoms with E-state index in [1.807, 2.05) is 54.6 Å². The maximum Gasteiger partial charge on any atom is 0.0857 e. The molecule has 2 nitrogen and oxygen atoms in total. The predicted molar refractivity (Wildman–Crippen MR) is 111 cm³/mol. The first-order valence-corrected chi connectivity index (χ1v) is 8.99. The van der Waals surface area contributed by atoms with Gasteiger partial charge in [-0.3, -0.25) is 0 Å². The van der Waals surface area contributed by atoms with Crippen LogP contribution in [0.2, 0.25) is 0 Å². The first-order valence-electron chi connectivity index (χ1n) is 8.99. The van der Waals surface area contributed by atoms with E-state index in [0.29, 0.717) is 0 Å². The third kappa shape index (κ3) is 4.56. The van der Waals surface area contributed by atoms with Gasteiger partial charge < -0.3 is 0 Å². The fourth-order valence-electron chi connectivity index (χ4n) is 2.94. The molecule has 27 heavy (non-hydrogen) atoms. The van der Waals surface area contributed by atoms with E-state index in [4.69, 9.17) is 0 Å². The Morgan fingerprint density at radius 2 is 1.22 bits per heavy atom. The lowest BCUT2D eigenvalue weighted by atomic mass is 9.99. The lowest BCUT2D eigenvalue weighted by molar-refractivity contribution is 1.19. The van der Waals surface area contributed by atoms with Gasteiger partial charge in [-0.1, -0.05) is 78.9 Å². The molecule has 0 aliphatic carbocycles. The van der Waals surface area contributed by atoms with Crippen LogP contribution in [0.1, 0.15) is 11.1 Å². The van der Waals surface area contributed by atoms with Gasteiger partial charge in [0.1, 0.15) is 0 Å². The standard InChI is InChI=1S/C25H19N2/c1-3-8-20(9-4-1)18-21-10-7-11-23(19-21)22-14-16-25(17-15-22)27-26-24-12-5-2-6-13-24/h1-10,12-17,19H,18H2. The fraction of sp³-hybridized carbons (Fsp3) is 0.0400. The van der Waals surface area contributed by atoms with E-state index in [-0.39, 0.29) is 0 Å². The molecule has 0 atom stereocenters. The zero-order chi connectivity index (χ0) is 18.3. The molecule has 4 aromatic carbocycles. The molecule has 0 saturated heterocycles. The highest BCUT2D eigenvalue weighted by Gasteiger charge is 2.02. The topological polar surface area (TPSA) is 24.7 Å². The summed E-state index contributed by atoms with van der Waals surface area (Å²) in [6, 6.07) is 38.0. The van der Waals surface area contributed by atoms with E-state index < -0.39 is 0 Å². The average Bonchev–Trinajstić information content (AvgIpc) is 2.74. The minimum atomic E-state index is 0.836. The fourth-order valence-corrected chi connectivity index (χ4v) is 2.94. The number of nitrogens with zero attached hydrogens (tertiary/aromatic N) is 2. The summed E-state index contributed by atoms with van der Waals surface area (Å²) in [5, 5.41) is 8.56. The van der Waals surface area contributed by atoms with E-state index in [0.717, 1.165) is 28.9 Å². The Hall–Kier alpha value is -3.52. The SMILES string of the molecule is [c]1ccc(Cc2ccccc2)cc1-c1ccc(N=Nc2ccccc2)cc1. The van der Waals surface area contributed by atoms with Crippen molar-refractivity contribution in [3.8, 4) is 11.1 Å². The first kappa shape index (κ1) is 16.9. The van der Waals surface area contributed by atoms with Gasteiger partial charge in [-0.05, 0) is 59.0 Å². The molecule has 0 heterocycles. The van der Waals surface area contributed by atoms with Crippen LogP contribution in [-0.4, -0.2) is 0 Å². The highest BCUT2D eigenvalue weighted by atomic mass is 15.1. The summed E-state index contributed by atoms with van der Waals surface area (Å²) < 4.78 is 0. The Morgan fingerprint density at radius 1 is 0.593 bits per heavy atom. The average molecular weight is 347 g/mol. The molecule has 0 saturated carbocycles. The summed E-state index contributed by atoms with van der Waals surface area (Å²) in [4.78, 5) is 0. The Balaban J connectivity index is 1.50. The van der Waals surface area contributed by atoms with Crippen molar-refractivity contribution in [3.05, 3.63) is 120 Å². The number of hydrogen-bond donors (Lipinski definition) is 0. The minimum Gasteiger partial charge on any atom is -0.151 e. The molecule has 0 aliphatic rings. The molecule has 4 aromatic rings. The quantitative estimate of drug-likeness (QED) is 0.342. The lowest BCUT2D eigenvalue weighted by Gasteiger charge is -2.06. The van der Waals surface area contributed by atoms with Crippen molar-refractivity contribution in [2.45, 2.75) is 6.42 Å². The molecule has 0 bridgehead atoms. The van der Waals surface area contributed by atoms with Gasteiger partial charge in [-0.25, -0.2) is 0 Å². The zero-order valence-electron chi connectivity index (χ0n) is 14.9. The Labute approximate surface area is 159 Å². The van der Waals surface area contributed by atoms with Crippen molar-refractivity contribution in [1.82, 2.24) is 0 Å². The van der Waals surface area contributed by atoms with Crippen molar-refractivity contribution in [2.24, 2.45) is 10.2 Å². The molecular weight excluding hydrogens is 328 g/mol. The van der Waals surface area contributed by atoms with Crippen LogP contribution in [0.4, 0.5) is 11.4 Å². The second-order valence-electron chi connectivity index (χ2n) is 6.36. The number of hydrogen-bond acceptors (Lipinski definition) is 2. The Morgan fingerprint density at radius 3 is 1.93 bits per heavy atom. The molecule has 0 N–H and O–H groups in total. The third-order valence-corrected chi connectivity index (χ3v) is 4.33. The normalized spacial score (nSPS) is 11.0. The number of benzene rings is 4. The summed E-state index contributed by atoms with van der Waals surface area (Å²) in [6.45, 7) is 0. The van der Waals surface area contributed by atoms with Crippen LogP contribution in [0.25, 0.3) is 11.1 Å². The van der Waals surface area contributed by atoms with E-state index in [1.54, 1.807) is 0 Å². The van der Waals surface area contributed by atoms with Crippen LogP contribution in [-0.2, 0) is 6.42 Å². The minimum absolute atomic E-state index is 0.836. The highest BCUT2D eigenvalue weighted by Crippen LogP contribution is 2.25. The lowest BCUT2D eigenvalue weighted by Crippen LogP contribution is -1.88. The smallest absolute Gasteiger partial charge is 0.0857 e. The molecule has 0 fully saturated rings. The Kier molecular flexibility index (Phi) is 5.16. The van der Waals surface area contributed by atoms with E-state index in [9.17, 15) is 0 Å². The van der Waals surface area contributed by atoms with Gasteiger partial charge in [0.2, 0.25) is 0 Å². The molecule has 4 rings (SSSR count). The van der Waals surface area contributed by atoms with Crippen LogP contribution in [0, 0.1) is 6.07 Å². The monoisotopic (exact) mass is 347 g/mol.